The van der Waals surface area contributed by atoms with Crippen molar-refractivity contribution in [1.82, 2.24) is 4.98 Å². The number of ether oxygens (including phenoxy) is 2. The lowest BCUT2D eigenvalue weighted by Crippen LogP contribution is -2.16. The summed E-state index contributed by atoms with van der Waals surface area (Å²) in [4.78, 5) is 4.33. The molecule has 1 aliphatic rings. The van der Waals surface area contributed by atoms with Gasteiger partial charge >= 0.3 is 0 Å². The van der Waals surface area contributed by atoms with Gasteiger partial charge in [0.25, 0.3) is 0 Å². The van der Waals surface area contributed by atoms with Crippen molar-refractivity contribution in [1.29, 1.82) is 0 Å². The maximum atomic E-state index is 5.87. The molecule has 3 nitrogen and oxygen atoms in total. The normalized spacial score (nSPS) is 19.3. The molecular weight excluding hydrogens is 294 g/mol. The summed E-state index contributed by atoms with van der Waals surface area (Å²) in [7, 11) is 0. The molecule has 0 aliphatic carbocycles. The highest BCUT2D eigenvalue weighted by molar-refractivity contribution is 9.10. The third-order valence-corrected chi connectivity index (χ3v) is 3.61. The first-order valence-corrected chi connectivity index (χ1v) is 6.91. The van der Waals surface area contributed by atoms with Crippen LogP contribution in [0.25, 0.3) is 10.9 Å². The van der Waals surface area contributed by atoms with Gasteiger partial charge in [-0.3, -0.25) is 4.98 Å². The van der Waals surface area contributed by atoms with E-state index in [1.165, 1.54) is 0 Å². The standard InChI is InChI=1S/C14H14BrNO2/c15-10-3-4-13-12(8-10)14(5-6-16-13)18-9-11-2-1-7-17-11/h3-6,8,11H,1-2,7,9H2. The lowest BCUT2D eigenvalue weighted by atomic mass is 10.2. The average molecular weight is 308 g/mol. The van der Waals surface area contributed by atoms with Crippen molar-refractivity contribution in [3.63, 3.8) is 0 Å². The number of rotatable bonds is 3. The predicted octanol–water partition coefficient (Wildman–Crippen LogP) is 3.56. The number of nitrogens with zero attached hydrogens (tertiary/aromatic N) is 1. The largest absolute Gasteiger partial charge is 0.490 e. The van der Waals surface area contributed by atoms with Crippen LogP contribution in [0.4, 0.5) is 0 Å². The number of hydrogen-bond donors (Lipinski definition) is 0. The van der Waals surface area contributed by atoms with Crippen molar-refractivity contribution in [2.45, 2.75) is 18.9 Å². The van der Waals surface area contributed by atoms with E-state index >= 15 is 0 Å². The molecular formula is C14H14BrNO2. The first kappa shape index (κ1) is 11.9. The Morgan fingerprint density at radius 3 is 3.17 bits per heavy atom. The van der Waals surface area contributed by atoms with E-state index in [0.717, 1.165) is 40.6 Å². The number of halogens is 1. The fraction of sp³-hybridized carbons (Fsp3) is 0.357. The van der Waals surface area contributed by atoms with Gasteiger partial charge in [-0.05, 0) is 37.1 Å². The van der Waals surface area contributed by atoms with E-state index in [1.807, 2.05) is 24.3 Å². The molecule has 3 rings (SSSR count). The molecule has 1 unspecified atom stereocenters. The minimum Gasteiger partial charge on any atom is -0.490 e. The summed E-state index contributed by atoms with van der Waals surface area (Å²) in [5, 5.41) is 1.03. The maximum absolute atomic E-state index is 5.87. The van der Waals surface area contributed by atoms with Crippen molar-refractivity contribution in [2.24, 2.45) is 0 Å². The third kappa shape index (κ3) is 2.49. The molecule has 0 saturated carbocycles. The second kappa shape index (κ2) is 5.24. The van der Waals surface area contributed by atoms with Gasteiger partial charge in [0.1, 0.15) is 12.4 Å². The lowest BCUT2D eigenvalue weighted by molar-refractivity contribution is 0.0685. The Hall–Kier alpha value is -1.13. The Labute approximate surface area is 114 Å². The topological polar surface area (TPSA) is 31.4 Å². The minimum absolute atomic E-state index is 0.236. The Bertz CT molecular complexity index is 552. The fourth-order valence-corrected chi connectivity index (χ4v) is 2.54. The molecule has 2 aromatic rings. The smallest absolute Gasteiger partial charge is 0.130 e. The Kier molecular flexibility index (Phi) is 3.48. The van der Waals surface area contributed by atoms with Crippen LogP contribution in [0.2, 0.25) is 0 Å². The van der Waals surface area contributed by atoms with Crippen LogP contribution in [0, 0.1) is 0 Å². The third-order valence-electron chi connectivity index (χ3n) is 3.11. The minimum atomic E-state index is 0.236. The molecule has 0 amide bonds. The predicted molar refractivity (Wildman–Crippen MR) is 73.9 cm³/mol. The van der Waals surface area contributed by atoms with Gasteiger partial charge in [0.2, 0.25) is 0 Å². The van der Waals surface area contributed by atoms with E-state index in [2.05, 4.69) is 20.9 Å². The summed E-state index contributed by atoms with van der Waals surface area (Å²) in [5.41, 5.74) is 0.947. The number of fused-ring (bicyclic) bond motifs is 1. The Morgan fingerprint density at radius 2 is 2.33 bits per heavy atom. The molecule has 94 valence electrons. The highest BCUT2D eigenvalue weighted by Crippen LogP contribution is 2.27. The molecule has 0 radical (unpaired) electrons. The number of pyridine rings is 1. The monoisotopic (exact) mass is 307 g/mol. The second-order valence-electron chi connectivity index (χ2n) is 4.42. The SMILES string of the molecule is Brc1ccc2nccc(OCC3CCCO3)c2c1. The quantitative estimate of drug-likeness (QED) is 0.869. The first-order chi connectivity index (χ1) is 8.83. The molecule has 2 heterocycles. The van der Waals surface area contributed by atoms with E-state index in [4.69, 9.17) is 9.47 Å². The van der Waals surface area contributed by atoms with Crippen molar-refractivity contribution >= 4 is 26.8 Å². The molecule has 1 aliphatic heterocycles. The second-order valence-corrected chi connectivity index (χ2v) is 5.33. The van der Waals surface area contributed by atoms with Crippen LogP contribution in [0.3, 0.4) is 0 Å². The van der Waals surface area contributed by atoms with E-state index < -0.39 is 0 Å². The zero-order chi connectivity index (χ0) is 12.4. The van der Waals surface area contributed by atoms with E-state index in [-0.39, 0.29) is 6.10 Å². The van der Waals surface area contributed by atoms with E-state index in [9.17, 15) is 0 Å². The van der Waals surface area contributed by atoms with E-state index in [1.54, 1.807) is 6.20 Å². The van der Waals surface area contributed by atoms with Crippen LogP contribution in [0.5, 0.6) is 5.75 Å². The van der Waals surface area contributed by atoms with Gasteiger partial charge in [0.05, 0.1) is 11.6 Å². The van der Waals surface area contributed by atoms with Crippen molar-refractivity contribution < 1.29 is 9.47 Å². The molecule has 1 atom stereocenters. The average Bonchev–Trinajstić information content (AvgIpc) is 2.89. The summed E-state index contributed by atoms with van der Waals surface area (Å²) < 4.78 is 12.5. The summed E-state index contributed by atoms with van der Waals surface area (Å²) in [6, 6.07) is 7.91. The lowest BCUT2D eigenvalue weighted by Gasteiger charge is -2.13. The van der Waals surface area contributed by atoms with Gasteiger partial charge in [0, 0.05) is 22.7 Å². The van der Waals surface area contributed by atoms with Crippen molar-refractivity contribution in [3.05, 3.63) is 34.9 Å². The first-order valence-electron chi connectivity index (χ1n) is 6.11. The summed E-state index contributed by atoms with van der Waals surface area (Å²) in [6.45, 7) is 1.47. The van der Waals surface area contributed by atoms with Gasteiger partial charge in [-0.25, -0.2) is 0 Å². The summed E-state index contributed by atoms with van der Waals surface area (Å²) in [5.74, 6) is 0.872. The molecule has 1 saturated heterocycles. The Morgan fingerprint density at radius 1 is 1.39 bits per heavy atom. The van der Waals surface area contributed by atoms with Crippen LogP contribution >= 0.6 is 15.9 Å². The van der Waals surface area contributed by atoms with Crippen LogP contribution in [0.15, 0.2) is 34.9 Å². The van der Waals surface area contributed by atoms with Gasteiger partial charge in [-0.1, -0.05) is 15.9 Å². The van der Waals surface area contributed by atoms with Gasteiger partial charge < -0.3 is 9.47 Å². The number of aromatic nitrogens is 1. The van der Waals surface area contributed by atoms with Crippen LogP contribution in [-0.2, 0) is 4.74 Å². The molecule has 18 heavy (non-hydrogen) atoms. The fourth-order valence-electron chi connectivity index (χ4n) is 2.18. The molecule has 0 N–H and O–H groups in total. The van der Waals surface area contributed by atoms with Crippen LogP contribution in [0.1, 0.15) is 12.8 Å². The highest BCUT2D eigenvalue weighted by Gasteiger charge is 2.16. The van der Waals surface area contributed by atoms with Crippen molar-refractivity contribution in [2.75, 3.05) is 13.2 Å². The molecule has 1 fully saturated rings. The van der Waals surface area contributed by atoms with Crippen LogP contribution < -0.4 is 4.74 Å². The molecule has 1 aromatic heterocycles. The molecule has 0 bridgehead atoms. The molecule has 0 spiro atoms. The van der Waals surface area contributed by atoms with Gasteiger partial charge in [0.15, 0.2) is 0 Å². The maximum Gasteiger partial charge on any atom is 0.130 e. The molecule has 4 heteroatoms. The van der Waals surface area contributed by atoms with Crippen molar-refractivity contribution in [3.8, 4) is 5.75 Å². The Balaban J connectivity index is 1.84. The number of benzene rings is 1. The summed E-state index contributed by atoms with van der Waals surface area (Å²) in [6.07, 6.45) is 4.24. The van der Waals surface area contributed by atoms with Crippen LogP contribution in [-0.4, -0.2) is 24.3 Å². The zero-order valence-corrected chi connectivity index (χ0v) is 11.5. The van der Waals surface area contributed by atoms with Gasteiger partial charge in [-0.15, -0.1) is 0 Å². The summed E-state index contributed by atoms with van der Waals surface area (Å²) >= 11 is 3.48. The van der Waals surface area contributed by atoms with Gasteiger partial charge in [-0.2, -0.15) is 0 Å². The molecule has 1 aromatic carbocycles. The van der Waals surface area contributed by atoms with E-state index in [0.29, 0.717) is 6.61 Å². The highest BCUT2D eigenvalue weighted by atomic mass is 79.9. The number of hydrogen-bond acceptors (Lipinski definition) is 3. The zero-order valence-electron chi connectivity index (χ0n) is 9.93.